The number of hydrogen-bond acceptors (Lipinski definition) is 4. The minimum Gasteiger partial charge on any atom is -0.466 e. The third-order valence-electron chi connectivity index (χ3n) is 3.47. The maximum atomic E-state index is 12.4. The third kappa shape index (κ3) is 3.36. The third-order valence-corrected chi connectivity index (χ3v) is 3.47. The van der Waals surface area contributed by atoms with Crippen molar-refractivity contribution < 1.29 is 13.9 Å². The Labute approximate surface area is 113 Å². The summed E-state index contributed by atoms with van der Waals surface area (Å²) in [4.78, 5) is 14.2. The zero-order chi connectivity index (χ0) is 13.8. The van der Waals surface area contributed by atoms with Gasteiger partial charge in [0.2, 0.25) is 0 Å². The molecule has 19 heavy (non-hydrogen) atoms. The Morgan fingerprint density at radius 2 is 2.16 bits per heavy atom. The van der Waals surface area contributed by atoms with Crippen LogP contribution in [0.3, 0.4) is 0 Å². The first kappa shape index (κ1) is 14.1. The van der Waals surface area contributed by atoms with Gasteiger partial charge in [-0.2, -0.15) is 0 Å². The molecule has 2 heterocycles. The zero-order valence-corrected chi connectivity index (χ0v) is 11.6. The number of furan rings is 1. The van der Waals surface area contributed by atoms with Crippen LogP contribution in [0.1, 0.15) is 34.7 Å². The van der Waals surface area contributed by atoms with Gasteiger partial charge < -0.3 is 19.8 Å². The number of ether oxygens (including phenoxy) is 1. The summed E-state index contributed by atoms with van der Waals surface area (Å²) >= 11 is 0. The van der Waals surface area contributed by atoms with Crippen molar-refractivity contribution >= 4 is 5.91 Å². The Hall–Kier alpha value is -1.33. The van der Waals surface area contributed by atoms with Crippen molar-refractivity contribution in [3.8, 4) is 0 Å². The van der Waals surface area contributed by atoms with Crippen LogP contribution in [0.4, 0.5) is 0 Å². The first-order valence-corrected chi connectivity index (χ1v) is 6.79. The number of carbonyl (C=O) groups excluding carboxylic acids is 1. The second kappa shape index (κ2) is 6.21. The summed E-state index contributed by atoms with van der Waals surface area (Å²) < 4.78 is 11.0. The zero-order valence-electron chi connectivity index (χ0n) is 11.6. The van der Waals surface area contributed by atoms with Crippen LogP contribution in [0.25, 0.3) is 0 Å². The van der Waals surface area contributed by atoms with Gasteiger partial charge in [0, 0.05) is 19.6 Å². The molecule has 2 rings (SSSR count). The second-order valence-corrected chi connectivity index (χ2v) is 4.98. The van der Waals surface area contributed by atoms with E-state index in [2.05, 4.69) is 0 Å². The average Bonchev–Trinajstić information content (AvgIpc) is 2.75. The van der Waals surface area contributed by atoms with E-state index >= 15 is 0 Å². The highest BCUT2D eigenvalue weighted by Gasteiger charge is 2.25. The maximum Gasteiger partial charge on any atom is 0.257 e. The Kier molecular flexibility index (Phi) is 4.61. The van der Waals surface area contributed by atoms with E-state index in [1.165, 1.54) is 0 Å². The summed E-state index contributed by atoms with van der Waals surface area (Å²) in [6.07, 6.45) is 1.99. The Balaban J connectivity index is 1.91. The molecule has 1 amide bonds. The number of rotatable bonds is 4. The predicted molar refractivity (Wildman–Crippen MR) is 72.1 cm³/mol. The number of piperidine rings is 1. The monoisotopic (exact) mass is 266 g/mol. The fourth-order valence-electron chi connectivity index (χ4n) is 2.47. The van der Waals surface area contributed by atoms with Crippen LogP contribution in [-0.4, -0.2) is 43.2 Å². The van der Waals surface area contributed by atoms with Gasteiger partial charge in [0.1, 0.15) is 11.5 Å². The summed E-state index contributed by atoms with van der Waals surface area (Å²) in [5.74, 6) is 1.54. The number of aryl methyl sites for hydroxylation is 2. The Morgan fingerprint density at radius 1 is 1.47 bits per heavy atom. The first-order chi connectivity index (χ1) is 9.11. The SMILES string of the molecule is Cc1cc(C(=O)N2CCC(OCCN)CC2)c(C)o1. The molecule has 0 radical (unpaired) electrons. The van der Waals surface area contributed by atoms with E-state index in [0.29, 0.717) is 24.5 Å². The maximum absolute atomic E-state index is 12.4. The van der Waals surface area contributed by atoms with Crippen molar-refractivity contribution in [2.75, 3.05) is 26.2 Å². The molecule has 0 bridgehead atoms. The van der Waals surface area contributed by atoms with Crippen molar-refractivity contribution in [1.29, 1.82) is 0 Å². The average molecular weight is 266 g/mol. The van der Waals surface area contributed by atoms with Crippen LogP contribution in [-0.2, 0) is 4.74 Å². The lowest BCUT2D eigenvalue weighted by Crippen LogP contribution is -2.41. The Bertz CT molecular complexity index is 434. The number of amides is 1. The summed E-state index contributed by atoms with van der Waals surface area (Å²) in [5, 5.41) is 0. The topological polar surface area (TPSA) is 68.7 Å². The van der Waals surface area contributed by atoms with Gasteiger partial charge >= 0.3 is 0 Å². The Morgan fingerprint density at radius 3 is 2.68 bits per heavy atom. The molecule has 0 atom stereocenters. The van der Waals surface area contributed by atoms with Crippen LogP contribution in [0.15, 0.2) is 10.5 Å². The summed E-state index contributed by atoms with van der Waals surface area (Å²) in [7, 11) is 0. The molecule has 2 N–H and O–H groups in total. The van der Waals surface area contributed by atoms with Crippen LogP contribution < -0.4 is 5.73 Å². The van der Waals surface area contributed by atoms with E-state index in [-0.39, 0.29) is 12.0 Å². The van der Waals surface area contributed by atoms with Gasteiger partial charge in [0.05, 0.1) is 18.3 Å². The van der Waals surface area contributed by atoms with Gasteiger partial charge in [0.25, 0.3) is 5.91 Å². The minimum absolute atomic E-state index is 0.0617. The minimum atomic E-state index is 0.0617. The highest BCUT2D eigenvalue weighted by molar-refractivity contribution is 5.95. The molecule has 0 saturated carbocycles. The van der Waals surface area contributed by atoms with E-state index < -0.39 is 0 Å². The van der Waals surface area contributed by atoms with E-state index in [1.54, 1.807) is 0 Å². The van der Waals surface area contributed by atoms with Gasteiger partial charge in [-0.25, -0.2) is 0 Å². The molecule has 5 heteroatoms. The standard InChI is InChI=1S/C14H22N2O3/c1-10-9-13(11(2)19-10)14(17)16-6-3-12(4-7-16)18-8-5-15/h9,12H,3-8,15H2,1-2H3. The summed E-state index contributed by atoms with van der Waals surface area (Å²) in [6, 6.07) is 1.81. The fraction of sp³-hybridized carbons (Fsp3) is 0.643. The van der Waals surface area contributed by atoms with Crippen LogP contribution in [0, 0.1) is 13.8 Å². The second-order valence-electron chi connectivity index (χ2n) is 4.98. The van der Waals surface area contributed by atoms with Crippen molar-refractivity contribution in [3.63, 3.8) is 0 Å². The van der Waals surface area contributed by atoms with E-state index in [9.17, 15) is 4.79 Å². The highest BCUT2D eigenvalue weighted by Crippen LogP contribution is 2.20. The number of likely N-dealkylation sites (tertiary alicyclic amines) is 1. The van der Waals surface area contributed by atoms with E-state index in [4.69, 9.17) is 14.9 Å². The molecule has 1 aromatic rings. The van der Waals surface area contributed by atoms with Gasteiger partial charge in [-0.05, 0) is 32.8 Å². The van der Waals surface area contributed by atoms with Gasteiger partial charge in [-0.3, -0.25) is 4.79 Å². The van der Waals surface area contributed by atoms with Crippen molar-refractivity contribution in [3.05, 3.63) is 23.2 Å². The summed E-state index contributed by atoms with van der Waals surface area (Å²) in [6.45, 7) is 6.30. The lowest BCUT2D eigenvalue weighted by molar-refractivity contribution is 0.0121. The van der Waals surface area contributed by atoms with Gasteiger partial charge in [-0.1, -0.05) is 0 Å². The molecule has 1 aliphatic heterocycles. The molecule has 0 spiro atoms. The number of nitrogens with two attached hydrogens (primary N) is 1. The molecule has 1 aliphatic rings. The van der Waals surface area contributed by atoms with Gasteiger partial charge in [0.15, 0.2) is 0 Å². The predicted octanol–water partition coefficient (Wildman–Crippen LogP) is 1.48. The molecule has 5 nitrogen and oxygen atoms in total. The molecule has 0 aromatic carbocycles. The highest BCUT2D eigenvalue weighted by atomic mass is 16.5. The largest absolute Gasteiger partial charge is 0.466 e. The number of hydrogen-bond donors (Lipinski definition) is 1. The number of nitrogens with zero attached hydrogens (tertiary/aromatic N) is 1. The molecule has 1 fully saturated rings. The van der Waals surface area contributed by atoms with E-state index in [1.807, 2.05) is 24.8 Å². The number of carbonyl (C=O) groups is 1. The summed E-state index contributed by atoms with van der Waals surface area (Å²) in [5.41, 5.74) is 6.10. The fourth-order valence-corrected chi connectivity index (χ4v) is 2.47. The molecule has 1 saturated heterocycles. The lowest BCUT2D eigenvalue weighted by Gasteiger charge is -2.31. The molecular formula is C14H22N2O3. The van der Waals surface area contributed by atoms with Crippen molar-refractivity contribution in [2.24, 2.45) is 5.73 Å². The quantitative estimate of drug-likeness (QED) is 0.896. The van der Waals surface area contributed by atoms with Crippen LogP contribution in [0.5, 0.6) is 0 Å². The normalized spacial score (nSPS) is 16.9. The van der Waals surface area contributed by atoms with Gasteiger partial charge in [-0.15, -0.1) is 0 Å². The van der Waals surface area contributed by atoms with Crippen LogP contribution in [0.2, 0.25) is 0 Å². The van der Waals surface area contributed by atoms with Crippen molar-refractivity contribution in [1.82, 2.24) is 4.90 Å². The molecular weight excluding hydrogens is 244 g/mol. The molecule has 0 unspecified atom stereocenters. The molecule has 1 aromatic heterocycles. The molecule has 106 valence electrons. The van der Waals surface area contributed by atoms with Crippen molar-refractivity contribution in [2.45, 2.75) is 32.8 Å². The lowest BCUT2D eigenvalue weighted by atomic mass is 10.1. The molecule has 0 aliphatic carbocycles. The smallest absolute Gasteiger partial charge is 0.257 e. The first-order valence-electron chi connectivity index (χ1n) is 6.79. The van der Waals surface area contributed by atoms with Crippen LogP contribution >= 0.6 is 0 Å². The van der Waals surface area contributed by atoms with E-state index in [0.717, 1.165) is 31.7 Å².